The van der Waals surface area contributed by atoms with E-state index in [1.165, 1.54) is 4.31 Å². The van der Waals surface area contributed by atoms with Gasteiger partial charge in [-0.05, 0) is 73.0 Å². The molecule has 1 N–H and O–H groups in total. The van der Waals surface area contributed by atoms with Crippen LogP contribution in [0, 0.1) is 20.8 Å². The molecule has 0 aliphatic heterocycles. The highest BCUT2D eigenvalue weighted by Gasteiger charge is 2.28. The summed E-state index contributed by atoms with van der Waals surface area (Å²) in [7, 11) is -3.96. The summed E-state index contributed by atoms with van der Waals surface area (Å²) in [5.74, 6) is 0.301. The third-order valence-corrected chi connectivity index (χ3v) is 7.93. The molecule has 0 aliphatic rings. The molecular formula is C29H30N2O4S. The number of carbonyl (C=O) groups is 1. The van der Waals surface area contributed by atoms with Crippen molar-refractivity contribution in [3.05, 3.63) is 102 Å². The highest BCUT2D eigenvalue weighted by atomic mass is 32.2. The van der Waals surface area contributed by atoms with Crippen LogP contribution in [-0.4, -0.2) is 34.0 Å². The molecule has 0 aliphatic carbocycles. The number of fused-ring (bicyclic) bond motifs is 1. The number of aryl methyl sites for hydroxylation is 2. The van der Waals surface area contributed by atoms with Gasteiger partial charge in [0.15, 0.2) is 0 Å². The fourth-order valence-electron chi connectivity index (χ4n) is 3.95. The lowest BCUT2D eigenvalue weighted by atomic mass is 10.1. The van der Waals surface area contributed by atoms with Crippen molar-refractivity contribution in [1.82, 2.24) is 5.32 Å². The van der Waals surface area contributed by atoms with Crippen LogP contribution in [0.15, 0.2) is 89.8 Å². The van der Waals surface area contributed by atoms with E-state index in [2.05, 4.69) is 5.32 Å². The van der Waals surface area contributed by atoms with E-state index in [-0.39, 0.29) is 24.6 Å². The lowest BCUT2D eigenvalue weighted by Gasteiger charge is -2.26. The van der Waals surface area contributed by atoms with Gasteiger partial charge in [-0.2, -0.15) is 0 Å². The first-order valence-electron chi connectivity index (χ1n) is 11.8. The van der Waals surface area contributed by atoms with Crippen LogP contribution in [-0.2, 0) is 14.8 Å². The Bertz CT molecular complexity index is 1480. The van der Waals surface area contributed by atoms with Crippen molar-refractivity contribution in [3.8, 4) is 5.75 Å². The van der Waals surface area contributed by atoms with Crippen molar-refractivity contribution in [2.45, 2.75) is 25.7 Å². The second kappa shape index (κ2) is 10.8. The number of ether oxygens (including phenoxy) is 1. The molecule has 0 saturated heterocycles. The smallest absolute Gasteiger partial charge is 0.264 e. The Morgan fingerprint density at radius 3 is 2.33 bits per heavy atom. The lowest BCUT2D eigenvalue weighted by Crippen LogP contribution is -2.42. The van der Waals surface area contributed by atoms with Crippen molar-refractivity contribution >= 4 is 32.4 Å². The number of rotatable bonds is 9. The van der Waals surface area contributed by atoms with Crippen LogP contribution in [0.3, 0.4) is 0 Å². The van der Waals surface area contributed by atoms with Gasteiger partial charge in [0.05, 0.1) is 17.1 Å². The van der Waals surface area contributed by atoms with Gasteiger partial charge < -0.3 is 10.1 Å². The van der Waals surface area contributed by atoms with Crippen molar-refractivity contribution in [3.63, 3.8) is 0 Å². The van der Waals surface area contributed by atoms with Crippen molar-refractivity contribution in [2.24, 2.45) is 0 Å². The topological polar surface area (TPSA) is 75.7 Å². The molecule has 4 aromatic carbocycles. The molecule has 1 amide bonds. The van der Waals surface area contributed by atoms with E-state index >= 15 is 0 Å². The minimum atomic E-state index is -3.96. The Labute approximate surface area is 212 Å². The summed E-state index contributed by atoms with van der Waals surface area (Å²) >= 11 is 0. The normalized spacial score (nSPS) is 11.3. The summed E-state index contributed by atoms with van der Waals surface area (Å²) in [6, 6.07) is 25.9. The molecule has 0 saturated carbocycles. The maximum Gasteiger partial charge on any atom is 0.264 e. The summed E-state index contributed by atoms with van der Waals surface area (Å²) in [5.41, 5.74) is 3.19. The van der Waals surface area contributed by atoms with Gasteiger partial charge in [-0.15, -0.1) is 0 Å². The Hall–Kier alpha value is -3.84. The molecule has 7 heteroatoms. The van der Waals surface area contributed by atoms with Crippen LogP contribution in [0.5, 0.6) is 5.75 Å². The van der Waals surface area contributed by atoms with E-state index in [9.17, 15) is 13.2 Å². The Balaban J connectivity index is 1.46. The highest BCUT2D eigenvalue weighted by molar-refractivity contribution is 7.92. The predicted molar refractivity (Wildman–Crippen MR) is 144 cm³/mol. The molecule has 186 valence electrons. The summed E-state index contributed by atoms with van der Waals surface area (Å²) in [6.45, 7) is 5.84. The van der Waals surface area contributed by atoms with E-state index in [1.54, 1.807) is 36.4 Å². The summed E-state index contributed by atoms with van der Waals surface area (Å²) in [6.07, 6.45) is 0. The zero-order valence-electron chi connectivity index (χ0n) is 20.7. The van der Waals surface area contributed by atoms with E-state index < -0.39 is 15.9 Å². The van der Waals surface area contributed by atoms with Gasteiger partial charge in [0.1, 0.15) is 18.9 Å². The maximum atomic E-state index is 13.6. The number of carbonyl (C=O) groups excluding carboxylic acids is 1. The number of nitrogens with one attached hydrogen (secondary N) is 1. The predicted octanol–water partition coefficient (Wildman–Crippen LogP) is 5.16. The Morgan fingerprint density at radius 2 is 1.58 bits per heavy atom. The van der Waals surface area contributed by atoms with Crippen LogP contribution in [0.25, 0.3) is 10.8 Å². The lowest BCUT2D eigenvalue weighted by molar-refractivity contribution is -0.119. The largest absolute Gasteiger partial charge is 0.492 e. The number of hydrogen-bond acceptors (Lipinski definition) is 4. The van der Waals surface area contributed by atoms with E-state index in [1.807, 2.05) is 69.3 Å². The average molecular weight is 503 g/mol. The van der Waals surface area contributed by atoms with E-state index in [0.29, 0.717) is 11.4 Å². The second-order valence-corrected chi connectivity index (χ2v) is 10.6. The molecule has 36 heavy (non-hydrogen) atoms. The van der Waals surface area contributed by atoms with Crippen LogP contribution in [0.2, 0.25) is 0 Å². The monoisotopic (exact) mass is 502 g/mol. The number of amides is 1. The number of hydrogen-bond donors (Lipinski definition) is 1. The first kappa shape index (κ1) is 25.3. The number of sulfonamides is 1. The molecule has 4 rings (SSSR count). The summed E-state index contributed by atoms with van der Waals surface area (Å²) in [4.78, 5) is 13.0. The maximum absolute atomic E-state index is 13.6. The minimum absolute atomic E-state index is 0.140. The quantitative estimate of drug-likeness (QED) is 0.321. The first-order valence-corrected chi connectivity index (χ1v) is 13.2. The molecule has 0 unspecified atom stereocenters. The molecule has 0 atom stereocenters. The number of anilines is 1. The van der Waals surface area contributed by atoms with Gasteiger partial charge in [0.25, 0.3) is 10.0 Å². The molecule has 0 aromatic heterocycles. The highest BCUT2D eigenvalue weighted by Crippen LogP contribution is 2.28. The standard InChI is InChI=1S/C29H30N2O4S/c1-21-11-15-27(16-12-21)36(33,34)31(28-10-6-7-22(2)23(28)3)20-29(32)30-17-18-35-26-14-13-24-8-4-5-9-25(24)19-26/h4-16,19H,17-18,20H2,1-3H3,(H,30,32). The summed E-state index contributed by atoms with van der Waals surface area (Å²) in [5, 5.41) is 4.99. The average Bonchev–Trinajstić information content (AvgIpc) is 2.87. The first-order chi connectivity index (χ1) is 17.3. The van der Waals surface area contributed by atoms with E-state index in [4.69, 9.17) is 4.74 Å². The van der Waals surface area contributed by atoms with Crippen molar-refractivity contribution < 1.29 is 17.9 Å². The van der Waals surface area contributed by atoms with Gasteiger partial charge in [-0.1, -0.05) is 60.2 Å². The van der Waals surface area contributed by atoms with Gasteiger partial charge in [0, 0.05) is 0 Å². The van der Waals surface area contributed by atoms with Gasteiger partial charge >= 0.3 is 0 Å². The molecular weight excluding hydrogens is 472 g/mol. The molecule has 0 radical (unpaired) electrons. The third-order valence-electron chi connectivity index (χ3n) is 6.15. The Morgan fingerprint density at radius 1 is 0.861 bits per heavy atom. The van der Waals surface area contributed by atoms with E-state index in [0.717, 1.165) is 27.5 Å². The minimum Gasteiger partial charge on any atom is -0.492 e. The summed E-state index contributed by atoms with van der Waals surface area (Å²) < 4.78 is 34.1. The molecule has 0 spiro atoms. The zero-order chi connectivity index (χ0) is 25.7. The molecule has 0 fully saturated rings. The van der Waals surface area contributed by atoms with Crippen molar-refractivity contribution in [1.29, 1.82) is 0 Å². The molecule has 0 bridgehead atoms. The van der Waals surface area contributed by atoms with Crippen molar-refractivity contribution in [2.75, 3.05) is 24.0 Å². The second-order valence-electron chi connectivity index (χ2n) is 8.75. The number of benzene rings is 4. The fourth-order valence-corrected chi connectivity index (χ4v) is 5.42. The Kier molecular flexibility index (Phi) is 7.60. The van der Waals surface area contributed by atoms with Crippen LogP contribution < -0.4 is 14.4 Å². The molecule has 6 nitrogen and oxygen atoms in total. The molecule has 0 heterocycles. The van der Waals surface area contributed by atoms with Crippen LogP contribution >= 0.6 is 0 Å². The van der Waals surface area contributed by atoms with Gasteiger partial charge in [0.2, 0.25) is 5.91 Å². The van der Waals surface area contributed by atoms with Gasteiger partial charge in [-0.3, -0.25) is 9.10 Å². The third kappa shape index (κ3) is 5.69. The SMILES string of the molecule is Cc1ccc(S(=O)(=O)N(CC(=O)NCCOc2ccc3ccccc3c2)c2cccc(C)c2C)cc1. The van der Waals surface area contributed by atoms with Crippen LogP contribution in [0.1, 0.15) is 16.7 Å². The number of nitrogens with zero attached hydrogens (tertiary/aromatic N) is 1. The zero-order valence-corrected chi connectivity index (χ0v) is 21.5. The van der Waals surface area contributed by atoms with Gasteiger partial charge in [-0.25, -0.2) is 8.42 Å². The van der Waals surface area contributed by atoms with Crippen LogP contribution in [0.4, 0.5) is 5.69 Å². The molecule has 4 aromatic rings. The fraction of sp³-hybridized carbons (Fsp3) is 0.207.